The molecule has 0 aliphatic heterocycles. The topological polar surface area (TPSA) is 72.2 Å². The lowest BCUT2D eigenvalue weighted by Crippen LogP contribution is -2.14. The zero-order valence-electron chi connectivity index (χ0n) is 9.90. The van der Waals surface area contributed by atoms with E-state index in [-0.39, 0.29) is 25.7 Å². The van der Waals surface area contributed by atoms with Gasteiger partial charge in [0.15, 0.2) is 0 Å². The van der Waals surface area contributed by atoms with Crippen molar-refractivity contribution in [1.29, 1.82) is 0 Å². The van der Waals surface area contributed by atoms with Crippen molar-refractivity contribution < 1.29 is 8.42 Å². The van der Waals surface area contributed by atoms with E-state index >= 15 is 0 Å². The fourth-order valence-corrected chi connectivity index (χ4v) is 3.56. The van der Waals surface area contributed by atoms with Crippen LogP contribution in [0.5, 0.6) is 0 Å². The average Bonchev–Trinajstić information content (AvgIpc) is 2.36. The van der Waals surface area contributed by atoms with Crippen LogP contribution >= 0.6 is 34.8 Å². The lowest BCUT2D eigenvalue weighted by atomic mass is 10.3. The first kappa shape index (κ1) is 15.3. The zero-order valence-corrected chi connectivity index (χ0v) is 13.0. The van der Waals surface area contributed by atoms with E-state index in [2.05, 4.69) is 4.72 Å². The molecular weight excluding hydrogens is 343 g/mol. The molecule has 0 bridgehead atoms. The molecule has 4 nitrogen and oxygen atoms in total. The molecule has 3 N–H and O–H groups in total. The van der Waals surface area contributed by atoms with Gasteiger partial charge in [-0.2, -0.15) is 0 Å². The van der Waals surface area contributed by atoms with Gasteiger partial charge in [-0.05, 0) is 36.4 Å². The molecule has 0 heterocycles. The molecule has 0 amide bonds. The highest BCUT2D eigenvalue weighted by molar-refractivity contribution is 7.92. The molecule has 8 heteroatoms. The van der Waals surface area contributed by atoms with E-state index < -0.39 is 10.0 Å². The smallest absolute Gasteiger partial charge is 0.263 e. The number of nitrogen functional groups attached to an aromatic ring is 1. The standard InChI is InChI=1S/C12H9Cl3N2O2S/c13-7-1-3-10(15)12(5-7)20(18,19)17-11-6-8(16)2-4-9(11)14/h1-6,17H,16H2. The summed E-state index contributed by atoms with van der Waals surface area (Å²) in [5.41, 5.74) is 6.15. The predicted molar refractivity (Wildman–Crippen MR) is 83.1 cm³/mol. The maximum absolute atomic E-state index is 12.3. The zero-order chi connectivity index (χ0) is 14.9. The lowest BCUT2D eigenvalue weighted by molar-refractivity contribution is 0.601. The average molecular weight is 352 g/mol. The largest absolute Gasteiger partial charge is 0.399 e. The van der Waals surface area contributed by atoms with Gasteiger partial charge in [-0.25, -0.2) is 8.42 Å². The molecule has 0 atom stereocenters. The molecule has 2 aromatic carbocycles. The molecule has 0 aromatic heterocycles. The first-order valence-corrected chi connectivity index (χ1v) is 7.94. The molecule has 0 spiro atoms. The Morgan fingerprint density at radius 1 is 0.950 bits per heavy atom. The molecule has 0 aliphatic carbocycles. The van der Waals surface area contributed by atoms with E-state index in [1.54, 1.807) is 6.07 Å². The van der Waals surface area contributed by atoms with Gasteiger partial charge in [-0.3, -0.25) is 4.72 Å². The van der Waals surface area contributed by atoms with E-state index in [1.807, 2.05) is 0 Å². The summed E-state index contributed by atoms with van der Waals surface area (Å²) in [6.07, 6.45) is 0. The van der Waals surface area contributed by atoms with E-state index in [1.165, 1.54) is 30.3 Å². The summed E-state index contributed by atoms with van der Waals surface area (Å²) >= 11 is 17.6. The second kappa shape index (κ2) is 5.69. The third kappa shape index (κ3) is 3.30. The Kier molecular flexibility index (Phi) is 4.34. The number of sulfonamides is 1. The van der Waals surface area contributed by atoms with Crippen molar-refractivity contribution in [3.8, 4) is 0 Å². The van der Waals surface area contributed by atoms with Crippen LogP contribution in [-0.2, 0) is 10.0 Å². The monoisotopic (exact) mass is 350 g/mol. The summed E-state index contributed by atoms with van der Waals surface area (Å²) in [6.45, 7) is 0. The van der Waals surface area contributed by atoms with Crippen LogP contribution in [0.15, 0.2) is 41.3 Å². The van der Waals surface area contributed by atoms with Gasteiger partial charge in [0.05, 0.1) is 15.7 Å². The van der Waals surface area contributed by atoms with Gasteiger partial charge in [-0.1, -0.05) is 34.8 Å². The maximum Gasteiger partial charge on any atom is 0.263 e. The molecule has 2 rings (SSSR count). The van der Waals surface area contributed by atoms with Gasteiger partial charge in [0.2, 0.25) is 0 Å². The van der Waals surface area contributed by atoms with Crippen molar-refractivity contribution in [3.63, 3.8) is 0 Å². The Labute approximate surface area is 131 Å². The first-order valence-electron chi connectivity index (χ1n) is 5.32. The Bertz CT molecular complexity index is 763. The summed E-state index contributed by atoms with van der Waals surface area (Å²) in [5.74, 6) is 0. The van der Waals surface area contributed by atoms with Crippen LogP contribution in [0.2, 0.25) is 15.1 Å². The van der Waals surface area contributed by atoms with E-state index in [0.29, 0.717) is 5.69 Å². The highest BCUT2D eigenvalue weighted by Gasteiger charge is 2.19. The molecule has 106 valence electrons. The summed E-state index contributed by atoms with van der Waals surface area (Å²) in [4.78, 5) is -0.134. The number of nitrogens with two attached hydrogens (primary N) is 1. The fourth-order valence-electron chi connectivity index (χ4n) is 1.50. The van der Waals surface area contributed by atoms with Gasteiger partial charge >= 0.3 is 0 Å². The third-order valence-electron chi connectivity index (χ3n) is 2.42. The molecule has 0 unspecified atom stereocenters. The third-order valence-corrected chi connectivity index (χ3v) is 4.83. The number of hydrogen-bond donors (Lipinski definition) is 2. The van der Waals surface area contributed by atoms with Crippen molar-refractivity contribution in [2.24, 2.45) is 0 Å². The number of anilines is 2. The van der Waals surface area contributed by atoms with Gasteiger partial charge in [-0.15, -0.1) is 0 Å². The van der Waals surface area contributed by atoms with Crippen LogP contribution in [0, 0.1) is 0 Å². The van der Waals surface area contributed by atoms with Crippen LogP contribution in [0.25, 0.3) is 0 Å². The van der Waals surface area contributed by atoms with Gasteiger partial charge < -0.3 is 5.73 Å². The maximum atomic E-state index is 12.3. The molecule has 2 aromatic rings. The Morgan fingerprint density at radius 2 is 1.60 bits per heavy atom. The molecule has 20 heavy (non-hydrogen) atoms. The highest BCUT2D eigenvalue weighted by Crippen LogP contribution is 2.30. The van der Waals surface area contributed by atoms with Gasteiger partial charge in [0.1, 0.15) is 4.90 Å². The van der Waals surface area contributed by atoms with E-state index in [9.17, 15) is 8.42 Å². The Balaban J connectivity index is 2.46. The quantitative estimate of drug-likeness (QED) is 0.820. The number of hydrogen-bond acceptors (Lipinski definition) is 3. The van der Waals surface area contributed by atoms with Crippen LogP contribution in [0.1, 0.15) is 0 Å². The van der Waals surface area contributed by atoms with Crippen molar-refractivity contribution >= 4 is 56.2 Å². The molecule has 0 saturated carbocycles. The summed E-state index contributed by atoms with van der Waals surface area (Å²) in [6, 6.07) is 8.63. The van der Waals surface area contributed by atoms with Crippen molar-refractivity contribution in [2.75, 3.05) is 10.5 Å². The summed E-state index contributed by atoms with van der Waals surface area (Å²) in [7, 11) is -3.91. The number of benzene rings is 2. The highest BCUT2D eigenvalue weighted by atomic mass is 35.5. The second-order valence-electron chi connectivity index (χ2n) is 3.92. The van der Waals surface area contributed by atoms with Crippen molar-refractivity contribution in [2.45, 2.75) is 4.90 Å². The normalized spacial score (nSPS) is 11.3. The number of halogens is 3. The Hall–Kier alpha value is -1.14. The minimum absolute atomic E-state index is 0.0573. The van der Waals surface area contributed by atoms with Crippen LogP contribution in [-0.4, -0.2) is 8.42 Å². The molecule has 0 saturated heterocycles. The molecule has 0 fully saturated rings. The van der Waals surface area contributed by atoms with Crippen molar-refractivity contribution in [3.05, 3.63) is 51.5 Å². The number of rotatable bonds is 3. The molecular formula is C12H9Cl3N2O2S. The molecule has 0 aliphatic rings. The van der Waals surface area contributed by atoms with E-state index in [4.69, 9.17) is 40.5 Å². The van der Waals surface area contributed by atoms with E-state index in [0.717, 1.165) is 0 Å². The Morgan fingerprint density at radius 3 is 2.30 bits per heavy atom. The minimum atomic E-state index is -3.91. The molecule has 0 radical (unpaired) electrons. The lowest BCUT2D eigenvalue weighted by Gasteiger charge is -2.11. The fraction of sp³-hybridized carbons (Fsp3) is 0. The summed E-state index contributed by atoms with van der Waals surface area (Å²) in [5, 5.41) is 0.538. The second-order valence-corrected chi connectivity index (χ2v) is 6.82. The van der Waals surface area contributed by atoms with Crippen LogP contribution < -0.4 is 10.5 Å². The van der Waals surface area contributed by atoms with Crippen molar-refractivity contribution in [1.82, 2.24) is 0 Å². The summed E-state index contributed by atoms with van der Waals surface area (Å²) < 4.78 is 26.9. The van der Waals surface area contributed by atoms with Gasteiger partial charge in [0.25, 0.3) is 10.0 Å². The van der Waals surface area contributed by atoms with Crippen LogP contribution in [0.4, 0.5) is 11.4 Å². The minimum Gasteiger partial charge on any atom is -0.399 e. The first-order chi connectivity index (χ1) is 9.29. The van der Waals surface area contributed by atoms with Gasteiger partial charge in [0, 0.05) is 10.7 Å². The van der Waals surface area contributed by atoms with Crippen LogP contribution in [0.3, 0.4) is 0 Å². The SMILES string of the molecule is Nc1ccc(Cl)c(NS(=O)(=O)c2cc(Cl)ccc2Cl)c1. The predicted octanol–water partition coefficient (Wildman–Crippen LogP) is 4.03. The number of nitrogens with one attached hydrogen (secondary N) is 1.